The minimum Gasteiger partial charge on any atom is -0.415 e. The third-order valence-electron chi connectivity index (χ3n) is 7.88. The molecule has 0 amide bonds. The van der Waals surface area contributed by atoms with Crippen molar-refractivity contribution in [1.82, 2.24) is 20.1 Å². The van der Waals surface area contributed by atoms with Crippen LogP contribution in [0.25, 0.3) is 11.5 Å². The van der Waals surface area contributed by atoms with Gasteiger partial charge in [-0.15, -0.1) is 10.2 Å². The number of aromatic nitrogens is 3. The lowest BCUT2D eigenvalue weighted by Crippen LogP contribution is -2.56. The lowest BCUT2D eigenvalue weighted by Gasteiger charge is -2.43. The Balaban J connectivity index is 1.17. The number of rotatable bonds is 8. The Kier molecular flexibility index (Phi) is 5.96. The quantitative estimate of drug-likeness (QED) is 0.304. The molecule has 200 valence electrons. The highest BCUT2D eigenvalue weighted by atomic mass is 32.2. The number of halogens is 2. The second-order valence-electron chi connectivity index (χ2n) is 10.1. The largest absolute Gasteiger partial charge is 0.415 e. The maximum Gasteiger partial charge on any atom is 0.314 e. The van der Waals surface area contributed by atoms with Crippen LogP contribution in [0.3, 0.4) is 0 Å². The Morgan fingerprint density at radius 2 is 1.82 bits per heavy atom. The molecule has 0 spiro atoms. The van der Waals surface area contributed by atoms with Crippen molar-refractivity contribution in [2.45, 2.75) is 37.5 Å². The van der Waals surface area contributed by atoms with Gasteiger partial charge in [-0.1, -0.05) is 18.2 Å². The molecule has 3 aliphatic heterocycles. The summed E-state index contributed by atoms with van der Waals surface area (Å²) in [5, 5.41) is 7.02. The Hall–Kier alpha value is -3.64. The number of hydrogen-bond donors (Lipinski definition) is 0. The van der Waals surface area contributed by atoms with Crippen molar-refractivity contribution < 1.29 is 13.2 Å². The molecule has 2 aromatic carbocycles. The van der Waals surface area contributed by atoms with Gasteiger partial charge in [0.25, 0.3) is 16.7 Å². The first-order valence-electron chi connectivity index (χ1n) is 12.8. The Labute approximate surface area is 226 Å². The minimum atomic E-state index is -2.85. The summed E-state index contributed by atoms with van der Waals surface area (Å²) in [5.74, 6) is 1.54. The van der Waals surface area contributed by atoms with Crippen molar-refractivity contribution in [3.8, 4) is 11.5 Å². The zero-order valence-electron chi connectivity index (χ0n) is 20.7. The van der Waals surface area contributed by atoms with Gasteiger partial charge in [-0.25, -0.2) is 0 Å². The van der Waals surface area contributed by atoms with Crippen molar-refractivity contribution in [3.63, 3.8) is 0 Å². The average molecular weight is 551 g/mol. The monoisotopic (exact) mass is 550 g/mol. The van der Waals surface area contributed by atoms with E-state index in [1.165, 1.54) is 17.7 Å². The first-order chi connectivity index (χ1) is 19.0. The van der Waals surface area contributed by atoms with E-state index in [9.17, 15) is 18.4 Å². The van der Waals surface area contributed by atoms with Crippen molar-refractivity contribution in [3.05, 3.63) is 80.7 Å². The summed E-state index contributed by atoms with van der Waals surface area (Å²) in [5.41, 5.74) is 1.76. The molecule has 3 saturated heterocycles. The molecule has 39 heavy (non-hydrogen) atoms. The Morgan fingerprint density at radius 1 is 1.00 bits per heavy atom. The molecule has 2 bridgehead atoms. The highest BCUT2D eigenvalue weighted by Crippen LogP contribution is 2.42. The number of thioether (sulfide) groups is 1. The summed E-state index contributed by atoms with van der Waals surface area (Å²) < 4.78 is 30.7. The van der Waals surface area contributed by atoms with Gasteiger partial charge in [0, 0.05) is 54.6 Å². The van der Waals surface area contributed by atoms with Crippen molar-refractivity contribution in [2.24, 2.45) is 0 Å². The molecular weight excluding hydrogens is 526 g/mol. The van der Waals surface area contributed by atoms with Crippen molar-refractivity contribution >= 4 is 28.8 Å². The number of nitrogens with zero attached hydrogens (tertiary/aromatic N) is 6. The van der Waals surface area contributed by atoms with Crippen LogP contribution in [0.5, 0.6) is 0 Å². The van der Waals surface area contributed by atoms with E-state index in [2.05, 4.69) is 25.0 Å². The number of fused-ring (bicyclic) bond motifs is 2. The van der Waals surface area contributed by atoms with Crippen LogP contribution in [-0.2, 0) is 6.54 Å². The lowest BCUT2D eigenvalue weighted by molar-refractivity contribution is 0.116. The highest BCUT2D eigenvalue weighted by molar-refractivity contribution is 8.00. The summed E-state index contributed by atoms with van der Waals surface area (Å²) in [6, 6.07) is 14.1. The van der Waals surface area contributed by atoms with Gasteiger partial charge in [-0.05, 0) is 30.7 Å². The molecule has 0 radical (unpaired) electrons. The SMILES string of the molecule is O=c1c(N(Cc2ccc(-c3nnc(C(F)F)o3)cn2)c2ccccc2)c(N2C[C@@H]3C[C@H]2CN3C2CSC2)c1=O. The molecule has 5 heterocycles. The fourth-order valence-corrected chi connectivity index (χ4v) is 6.70. The standard InChI is InChI=1S/C27H24F2N6O3S/c28-25(29)27-32-31-26(38-27)15-6-7-16(30-9-15)10-34(17-4-2-1-3-5-17)21-22(24(37)23(21)36)35-12-18-8-19(35)11-33(18)20-13-39-14-20/h1-7,9,18-20,25H,8,10-14H2/t18-,19-/m0/s1. The Bertz CT molecular complexity index is 1570. The van der Waals surface area contributed by atoms with E-state index in [0.29, 0.717) is 34.7 Å². The van der Waals surface area contributed by atoms with Crippen molar-refractivity contribution in [1.29, 1.82) is 0 Å². The summed E-state index contributed by atoms with van der Waals surface area (Å²) in [6.45, 7) is 1.91. The summed E-state index contributed by atoms with van der Waals surface area (Å²) >= 11 is 1.97. The second kappa shape index (κ2) is 9.53. The molecule has 7 rings (SSSR count). The Morgan fingerprint density at radius 3 is 2.44 bits per heavy atom. The van der Waals surface area contributed by atoms with Crippen LogP contribution in [0.2, 0.25) is 0 Å². The van der Waals surface area contributed by atoms with E-state index in [1.54, 1.807) is 12.1 Å². The van der Waals surface area contributed by atoms with E-state index >= 15 is 0 Å². The molecular formula is C27H24F2N6O3S. The zero-order valence-corrected chi connectivity index (χ0v) is 21.6. The van der Waals surface area contributed by atoms with Gasteiger partial charge in [0.15, 0.2) is 0 Å². The predicted molar refractivity (Wildman–Crippen MR) is 143 cm³/mol. The van der Waals surface area contributed by atoms with Crippen LogP contribution in [0.1, 0.15) is 24.4 Å². The van der Waals surface area contributed by atoms with Crippen LogP contribution < -0.4 is 20.7 Å². The fourth-order valence-electron chi connectivity index (χ4n) is 5.87. The van der Waals surface area contributed by atoms with Gasteiger partial charge in [-0.2, -0.15) is 20.5 Å². The molecule has 12 heteroatoms. The maximum atomic E-state index is 13.1. The van der Waals surface area contributed by atoms with E-state index in [4.69, 9.17) is 4.42 Å². The van der Waals surface area contributed by atoms with Crippen LogP contribution in [-0.4, -0.2) is 62.8 Å². The number of piperazine rings is 1. The first-order valence-corrected chi connectivity index (χ1v) is 14.0. The summed E-state index contributed by atoms with van der Waals surface area (Å²) in [4.78, 5) is 37.1. The number of pyridine rings is 1. The van der Waals surface area contributed by atoms with Crippen LogP contribution in [0.15, 0.2) is 62.7 Å². The first kappa shape index (κ1) is 24.4. The van der Waals surface area contributed by atoms with Gasteiger partial charge < -0.3 is 14.2 Å². The van der Waals surface area contributed by atoms with Crippen LogP contribution in [0.4, 0.5) is 25.8 Å². The fraction of sp³-hybridized carbons (Fsp3) is 0.370. The van der Waals surface area contributed by atoms with Crippen molar-refractivity contribution in [2.75, 3.05) is 34.4 Å². The van der Waals surface area contributed by atoms with Gasteiger partial charge in [0.1, 0.15) is 11.4 Å². The number of hydrogen-bond acceptors (Lipinski definition) is 10. The second-order valence-corrected chi connectivity index (χ2v) is 11.2. The number of alkyl halides is 2. The third-order valence-corrected chi connectivity index (χ3v) is 9.12. The molecule has 2 atom stereocenters. The van der Waals surface area contributed by atoms with E-state index in [1.807, 2.05) is 47.0 Å². The number of benzene rings is 1. The van der Waals surface area contributed by atoms with E-state index < -0.39 is 23.2 Å². The van der Waals surface area contributed by atoms with Gasteiger partial charge in [0.05, 0.1) is 17.8 Å². The molecule has 0 N–H and O–H groups in total. The number of anilines is 3. The number of likely N-dealkylation sites (tertiary alicyclic amines) is 1. The molecule has 3 fully saturated rings. The molecule has 0 aliphatic carbocycles. The van der Waals surface area contributed by atoms with Gasteiger partial charge in [-0.3, -0.25) is 19.5 Å². The highest BCUT2D eigenvalue weighted by Gasteiger charge is 2.49. The molecule has 0 saturated carbocycles. The molecule has 3 aliphatic rings. The van der Waals surface area contributed by atoms with Crippen LogP contribution in [0, 0.1) is 0 Å². The van der Waals surface area contributed by atoms with E-state index in [0.717, 1.165) is 25.2 Å². The smallest absolute Gasteiger partial charge is 0.314 e. The summed E-state index contributed by atoms with van der Waals surface area (Å²) in [7, 11) is 0. The zero-order chi connectivity index (χ0) is 26.7. The number of para-hydroxylation sites is 1. The lowest BCUT2D eigenvalue weighted by atomic mass is 10.1. The third kappa shape index (κ3) is 4.13. The van der Waals surface area contributed by atoms with Crippen LogP contribution >= 0.6 is 11.8 Å². The molecule has 0 unspecified atom stereocenters. The van der Waals surface area contributed by atoms with Gasteiger partial charge >= 0.3 is 6.43 Å². The minimum absolute atomic E-state index is 0.0485. The normalized spacial score (nSPS) is 21.3. The maximum absolute atomic E-state index is 13.1. The average Bonchev–Trinajstić information content (AvgIpc) is 3.67. The predicted octanol–water partition coefficient (Wildman–Crippen LogP) is 3.38. The molecule has 4 aromatic rings. The molecule has 9 nitrogen and oxygen atoms in total. The molecule has 2 aromatic heterocycles. The summed E-state index contributed by atoms with van der Waals surface area (Å²) in [6.07, 6.45) is -0.373. The topological polar surface area (TPSA) is 95.7 Å². The van der Waals surface area contributed by atoms with Gasteiger partial charge in [0.2, 0.25) is 5.89 Å². The van der Waals surface area contributed by atoms with E-state index in [-0.39, 0.29) is 18.5 Å².